The molecule has 1 aliphatic carbocycles. The Morgan fingerprint density at radius 1 is 1.28 bits per heavy atom. The van der Waals surface area contributed by atoms with Crippen LogP contribution in [-0.4, -0.2) is 44.3 Å². The van der Waals surface area contributed by atoms with Crippen LogP contribution in [0.25, 0.3) is 0 Å². The first-order valence-electron chi connectivity index (χ1n) is 6.91. The number of hydrogen-bond donors (Lipinski definition) is 2. The molecule has 6 heteroatoms. The quantitative estimate of drug-likeness (QED) is 0.634. The fourth-order valence-corrected chi connectivity index (χ4v) is 5.00. The monoisotopic (exact) mass is 294 g/mol. The third-order valence-corrected chi connectivity index (χ3v) is 5.99. The van der Waals surface area contributed by atoms with Crippen LogP contribution in [0.1, 0.15) is 39.5 Å². The summed E-state index contributed by atoms with van der Waals surface area (Å²) in [6.45, 7) is 5.82. The molecule has 0 aromatic carbocycles. The summed E-state index contributed by atoms with van der Waals surface area (Å²) < 4.78 is 26.8. The van der Waals surface area contributed by atoms with E-state index in [0.29, 0.717) is 11.7 Å². The Bertz CT molecular complexity index is 320. The van der Waals surface area contributed by atoms with Crippen LogP contribution in [0.4, 0.5) is 0 Å². The zero-order valence-electron chi connectivity index (χ0n) is 11.4. The second kappa shape index (κ2) is 8.40. The van der Waals surface area contributed by atoms with Gasteiger partial charge in [-0.2, -0.15) is 11.8 Å². The second-order valence-electron chi connectivity index (χ2n) is 4.68. The number of thioether (sulfide) groups is 1. The van der Waals surface area contributed by atoms with Gasteiger partial charge < -0.3 is 5.32 Å². The van der Waals surface area contributed by atoms with Crippen molar-refractivity contribution in [1.29, 1.82) is 0 Å². The first-order valence-corrected chi connectivity index (χ1v) is 9.61. The van der Waals surface area contributed by atoms with E-state index in [9.17, 15) is 8.42 Å². The van der Waals surface area contributed by atoms with Gasteiger partial charge in [-0.1, -0.05) is 20.3 Å². The van der Waals surface area contributed by atoms with Crippen LogP contribution in [-0.2, 0) is 10.0 Å². The summed E-state index contributed by atoms with van der Waals surface area (Å²) in [5, 5.41) is 3.62. The van der Waals surface area contributed by atoms with E-state index < -0.39 is 10.0 Å². The molecule has 0 spiro atoms. The molecule has 1 aliphatic rings. The van der Waals surface area contributed by atoms with E-state index in [-0.39, 0.29) is 11.8 Å². The van der Waals surface area contributed by atoms with Gasteiger partial charge in [-0.15, -0.1) is 0 Å². The Labute approximate surface area is 116 Å². The molecule has 1 rings (SSSR count). The lowest BCUT2D eigenvalue weighted by atomic mass is 10.3. The van der Waals surface area contributed by atoms with Crippen LogP contribution < -0.4 is 10.0 Å². The lowest BCUT2D eigenvalue weighted by Crippen LogP contribution is -2.40. The zero-order chi connectivity index (χ0) is 13.4. The van der Waals surface area contributed by atoms with E-state index in [1.807, 2.05) is 18.7 Å². The van der Waals surface area contributed by atoms with Gasteiger partial charge in [0, 0.05) is 11.3 Å². The van der Waals surface area contributed by atoms with Crippen LogP contribution in [0.2, 0.25) is 0 Å². The third kappa shape index (κ3) is 5.91. The molecule has 0 aromatic heterocycles. The highest BCUT2D eigenvalue weighted by atomic mass is 32.2. The fourth-order valence-electron chi connectivity index (χ4n) is 2.33. The molecular weight excluding hydrogens is 268 g/mol. The molecule has 108 valence electrons. The summed E-state index contributed by atoms with van der Waals surface area (Å²) in [4.78, 5) is 0. The highest BCUT2D eigenvalue weighted by Crippen LogP contribution is 2.30. The van der Waals surface area contributed by atoms with Crippen molar-refractivity contribution in [3.63, 3.8) is 0 Å². The van der Waals surface area contributed by atoms with Crippen molar-refractivity contribution in [3.8, 4) is 0 Å². The molecule has 1 saturated carbocycles. The van der Waals surface area contributed by atoms with Gasteiger partial charge >= 0.3 is 0 Å². The Kier molecular flexibility index (Phi) is 7.60. The molecule has 2 N–H and O–H groups in total. The summed E-state index contributed by atoms with van der Waals surface area (Å²) in [5.74, 6) is 1.29. The molecule has 1 fully saturated rings. The number of sulfonamides is 1. The molecule has 0 amide bonds. The SMILES string of the molecule is CCNCCCS(=O)(=O)NC1CCCC1SCC. The summed E-state index contributed by atoms with van der Waals surface area (Å²) in [6.07, 6.45) is 3.96. The minimum absolute atomic E-state index is 0.152. The molecule has 0 heterocycles. The molecule has 2 atom stereocenters. The van der Waals surface area contributed by atoms with Crippen molar-refractivity contribution < 1.29 is 8.42 Å². The maximum atomic E-state index is 12.0. The van der Waals surface area contributed by atoms with E-state index in [0.717, 1.165) is 38.1 Å². The third-order valence-electron chi connectivity index (χ3n) is 3.18. The van der Waals surface area contributed by atoms with E-state index in [4.69, 9.17) is 0 Å². The summed E-state index contributed by atoms with van der Waals surface area (Å²) >= 11 is 1.88. The molecule has 2 unspecified atom stereocenters. The van der Waals surface area contributed by atoms with Gasteiger partial charge in [-0.3, -0.25) is 0 Å². The Morgan fingerprint density at radius 3 is 2.72 bits per heavy atom. The first-order chi connectivity index (χ1) is 8.59. The largest absolute Gasteiger partial charge is 0.317 e. The lowest BCUT2D eigenvalue weighted by Gasteiger charge is -2.20. The normalized spacial score (nSPS) is 24.6. The van der Waals surface area contributed by atoms with E-state index in [1.165, 1.54) is 0 Å². The summed E-state index contributed by atoms with van der Waals surface area (Å²) in [7, 11) is -3.10. The Hall–Kier alpha value is 0.220. The first kappa shape index (κ1) is 16.3. The van der Waals surface area contributed by atoms with Gasteiger partial charge in [0.1, 0.15) is 0 Å². The molecule has 18 heavy (non-hydrogen) atoms. The predicted octanol–water partition coefficient (Wildman–Crippen LogP) is 1.58. The molecule has 0 aromatic rings. The molecule has 0 radical (unpaired) electrons. The van der Waals surface area contributed by atoms with E-state index in [1.54, 1.807) is 0 Å². The maximum Gasteiger partial charge on any atom is 0.211 e. The van der Waals surface area contributed by atoms with Crippen molar-refractivity contribution in [2.45, 2.75) is 50.8 Å². The van der Waals surface area contributed by atoms with E-state index >= 15 is 0 Å². The lowest BCUT2D eigenvalue weighted by molar-refractivity contribution is 0.551. The molecule has 0 bridgehead atoms. The minimum atomic E-state index is -3.10. The van der Waals surface area contributed by atoms with Gasteiger partial charge in [0.15, 0.2) is 0 Å². The predicted molar refractivity (Wildman–Crippen MR) is 79.6 cm³/mol. The topological polar surface area (TPSA) is 58.2 Å². The van der Waals surface area contributed by atoms with Crippen molar-refractivity contribution in [3.05, 3.63) is 0 Å². The Balaban J connectivity index is 2.34. The van der Waals surface area contributed by atoms with Crippen LogP contribution in [0.5, 0.6) is 0 Å². The number of nitrogens with one attached hydrogen (secondary N) is 2. The van der Waals surface area contributed by atoms with Crippen LogP contribution >= 0.6 is 11.8 Å². The average molecular weight is 294 g/mol. The second-order valence-corrected chi connectivity index (χ2v) is 8.06. The summed E-state index contributed by atoms with van der Waals surface area (Å²) in [5.41, 5.74) is 0. The van der Waals surface area contributed by atoms with Gasteiger partial charge in [0.2, 0.25) is 10.0 Å². The van der Waals surface area contributed by atoms with Crippen LogP contribution in [0.15, 0.2) is 0 Å². The molecule has 0 saturated heterocycles. The average Bonchev–Trinajstić information content (AvgIpc) is 2.72. The van der Waals surface area contributed by atoms with Crippen molar-refractivity contribution in [1.82, 2.24) is 10.0 Å². The fraction of sp³-hybridized carbons (Fsp3) is 1.00. The van der Waals surface area contributed by atoms with Crippen molar-refractivity contribution >= 4 is 21.8 Å². The van der Waals surface area contributed by atoms with E-state index in [2.05, 4.69) is 17.0 Å². The van der Waals surface area contributed by atoms with Crippen LogP contribution in [0, 0.1) is 0 Å². The highest BCUT2D eigenvalue weighted by Gasteiger charge is 2.30. The van der Waals surface area contributed by atoms with Gasteiger partial charge in [0.05, 0.1) is 5.75 Å². The maximum absolute atomic E-state index is 12.0. The highest BCUT2D eigenvalue weighted by molar-refractivity contribution is 8.00. The van der Waals surface area contributed by atoms with Crippen molar-refractivity contribution in [2.75, 3.05) is 24.6 Å². The zero-order valence-corrected chi connectivity index (χ0v) is 13.1. The standard InChI is InChI=1S/C12H26N2O2S2/c1-3-13-9-6-10-18(15,16)14-11-7-5-8-12(11)17-4-2/h11-14H,3-10H2,1-2H3. The number of hydrogen-bond acceptors (Lipinski definition) is 4. The van der Waals surface area contributed by atoms with Gasteiger partial charge in [-0.25, -0.2) is 13.1 Å². The van der Waals surface area contributed by atoms with Crippen molar-refractivity contribution in [2.24, 2.45) is 0 Å². The molecule has 4 nitrogen and oxygen atoms in total. The Morgan fingerprint density at radius 2 is 2.06 bits per heavy atom. The van der Waals surface area contributed by atoms with Crippen LogP contribution in [0.3, 0.4) is 0 Å². The van der Waals surface area contributed by atoms with Gasteiger partial charge in [-0.05, 0) is 38.1 Å². The van der Waals surface area contributed by atoms with Gasteiger partial charge in [0.25, 0.3) is 0 Å². The summed E-state index contributed by atoms with van der Waals surface area (Å²) in [6, 6.07) is 0.152. The minimum Gasteiger partial charge on any atom is -0.317 e. The smallest absolute Gasteiger partial charge is 0.211 e. The molecular formula is C12H26N2O2S2. The number of rotatable bonds is 9. The molecule has 0 aliphatic heterocycles.